The fourth-order valence-corrected chi connectivity index (χ4v) is 3.08. The minimum atomic E-state index is -0.206. The Hall–Kier alpha value is -1.85. The van der Waals surface area contributed by atoms with Crippen LogP contribution < -0.4 is 10.9 Å². The topological polar surface area (TPSA) is 65.2 Å². The van der Waals surface area contributed by atoms with E-state index in [9.17, 15) is 9.59 Å². The van der Waals surface area contributed by atoms with Crippen molar-refractivity contribution in [2.24, 2.45) is 0 Å². The van der Waals surface area contributed by atoms with Crippen LogP contribution in [0.1, 0.15) is 30.3 Å². The van der Waals surface area contributed by atoms with E-state index in [0.717, 1.165) is 31.3 Å². The Bertz CT molecular complexity index is 738. The van der Waals surface area contributed by atoms with E-state index in [2.05, 4.69) is 17.2 Å². The Morgan fingerprint density at radius 3 is 2.83 bits per heavy atom. The van der Waals surface area contributed by atoms with Crippen LogP contribution in [0.25, 0.3) is 10.8 Å². The molecular formula is C17H22ClN3O2. The zero-order chi connectivity index (χ0) is 15.5. The van der Waals surface area contributed by atoms with E-state index < -0.39 is 0 Å². The molecule has 0 spiro atoms. The summed E-state index contributed by atoms with van der Waals surface area (Å²) in [7, 11) is 0. The molecular weight excluding hydrogens is 314 g/mol. The molecule has 1 aliphatic rings. The van der Waals surface area contributed by atoms with Gasteiger partial charge in [-0.15, -0.1) is 12.4 Å². The van der Waals surface area contributed by atoms with Gasteiger partial charge >= 0.3 is 0 Å². The van der Waals surface area contributed by atoms with Gasteiger partial charge in [0.05, 0.1) is 0 Å². The number of nitrogens with one attached hydrogen (secondary N) is 2. The van der Waals surface area contributed by atoms with Crippen LogP contribution in [0.2, 0.25) is 0 Å². The summed E-state index contributed by atoms with van der Waals surface area (Å²) in [5.41, 5.74) is 0.173. The van der Waals surface area contributed by atoms with Crippen LogP contribution in [0, 0.1) is 0 Å². The lowest BCUT2D eigenvalue weighted by molar-refractivity contribution is 0.0686. The maximum absolute atomic E-state index is 12.8. The molecule has 1 aliphatic heterocycles. The van der Waals surface area contributed by atoms with Gasteiger partial charge in [-0.1, -0.05) is 25.1 Å². The molecule has 2 N–H and O–H groups in total. The number of aromatic amines is 1. The predicted octanol–water partition coefficient (Wildman–Crippen LogP) is 2.16. The lowest BCUT2D eigenvalue weighted by atomic mass is 10.1. The molecule has 2 heterocycles. The third-order valence-electron chi connectivity index (χ3n) is 4.18. The van der Waals surface area contributed by atoms with Crippen molar-refractivity contribution in [3.63, 3.8) is 0 Å². The number of carbonyl (C=O) groups is 1. The maximum atomic E-state index is 12.8. The average Bonchev–Trinajstić information content (AvgIpc) is 3.06. The van der Waals surface area contributed by atoms with Crippen molar-refractivity contribution in [3.8, 4) is 0 Å². The molecule has 0 aliphatic carbocycles. The zero-order valence-electron chi connectivity index (χ0n) is 13.2. The molecule has 0 bridgehead atoms. The minimum absolute atomic E-state index is 0. The number of pyridine rings is 1. The van der Waals surface area contributed by atoms with Gasteiger partial charge in [0.2, 0.25) is 0 Å². The number of rotatable bonds is 4. The summed E-state index contributed by atoms with van der Waals surface area (Å²) >= 11 is 0. The monoisotopic (exact) mass is 335 g/mol. The summed E-state index contributed by atoms with van der Waals surface area (Å²) in [6.45, 7) is 4.53. The first-order chi connectivity index (χ1) is 10.7. The second kappa shape index (κ2) is 7.62. The molecule has 2 aromatic rings. The quantitative estimate of drug-likeness (QED) is 0.900. The van der Waals surface area contributed by atoms with Gasteiger partial charge in [0.15, 0.2) is 0 Å². The number of nitrogens with zero attached hydrogens (tertiary/aromatic N) is 1. The number of benzene rings is 1. The van der Waals surface area contributed by atoms with Crippen molar-refractivity contribution in [1.29, 1.82) is 0 Å². The molecule has 1 saturated heterocycles. The average molecular weight is 336 g/mol. The molecule has 23 heavy (non-hydrogen) atoms. The molecule has 1 unspecified atom stereocenters. The molecule has 6 heteroatoms. The third kappa shape index (κ3) is 3.57. The third-order valence-corrected chi connectivity index (χ3v) is 4.18. The molecule has 124 valence electrons. The first-order valence-corrected chi connectivity index (χ1v) is 7.84. The smallest absolute Gasteiger partial charge is 0.270 e. The Balaban J connectivity index is 0.00000192. The van der Waals surface area contributed by atoms with Crippen molar-refractivity contribution in [1.82, 2.24) is 15.2 Å². The summed E-state index contributed by atoms with van der Waals surface area (Å²) in [6, 6.07) is 9.33. The number of halogens is 1. The first kappa shape index (κ1) is 17.5. The lowest BCUT2D eigenvalue weighted by Gasteiger charge is -2.28. The number of H-pyrrole nitrogens is 1. The largest absolute Gasteiger partial charge is 0.333 e. The molecule has 0 saturated carbocycles. The first-order valence-electron chi connectivity index (χ1n) is 7.84. The number of carbonyl (C=O) groups excluding carboxylic acids is 1. The van der Waals surface area contributed by atoms with E-state index in [1.165, 1.54) is 0 Å². The van der Waals surface area contributed by atoms with E-state index in [-0.39, 0.29) is 29.9 Å². The predicted molar refractivity (Wildman–Crippen MR) is 94.4 cm³/mol. The van der Waals surface area contributed by atoms with Gasteiger partial charge in [-0.3, -0.25) is 9.59 Å². The molecule has 1 amide bonds. The molecule has 1 atom stereocenters. The fraction of sp³-hybridized carbons (Fsp3) is 0.412. The summed E-state index contributed by atoms with van der Waals surface area (Å²) in [4.78, 5) is 29.6. The molecule has 1 aromatic heterocycles. The van der Waals surface area contributed by atoms with Gasteiger partial charge in [0, 0.05) is 24.5 Å². The summed E-state index contributed by atoms with van der Waals surface area (Å²) in [6.07, 6.45) is 1.86. The minimum Gasteiger partial charge on any atom is -0.333 e. The van der Waals surface area contributed by atoms with E-state index in [0.29, 0.717) is 17.6 Å². The highest BCUT2D eigenvalue weighted by molar-refractivity contribution is 5.96. The summed E-state index contributed by atoms with van der Waals surface area (Å²) in [5.74, 6) is -0.0848. The van der Waals surface area contributed by atoms with Crippen molar-refractivity contribution < 1.29 is 4.79 Å². The van der Waals surface area contributed by atoms with E-state index >= 15 is 0 Å². The van der Waals surface area contributed by atoms with Crippen molar-refractivity contribution >= 4 is 29.1 Å². The Morgan fingerprint density at radius 1 is 1.35 bits per heavy atom. The maximum Gasteiger partial charge on any atom is 0.270 e. The number of hydrogen-bond donors (Lipinski definition) is 2. The van der Waals surface area contributed by atoms with E-state index in [1.807, 2.05) is 23.1 Å². The Morgan fingerprint density at radius 2 is 2.13 bits per heavy atom. The molecule has 1 fully saturated rings. The zero-order valence-corrected chi connectivity index (χ0v) is 14.0. The van der Waals surface area contributed by atoms with Crippen LogP contribution in [0.5, 0.6) is 0 Å². The van der Waals surface area contributed by atoms with Gasteiger partial charge in [-0.05, 0) is 36.9 Å². The highest BCUT2D eigenvalue weighted by Crippen LogP contribution is 2.15. The Kier molecular flexibility index (Phi) is 5.80. The number of hydrogen-bond acceptors (Lipinski definition) is 3. The number of aromatic nitrogens is 1. The van der Waals surface area contributed by atoms with Crippen LogP contribution >= 0.6 is 12.4 Å². The molecule has 3 rings (SSSR count). The van der Waals surface area contributed by atoms with Crippen molar-refractivity contribution in [2.75, 3.05) is 19.6 Å². The van der Waals surface area contributed by atoms with E-state index in [4.69, 9.17) is 0 Å². The van der Waals surface area contributed by atoms with Crippen LogP contribution in [-0.4, -0.2) is 41.5 Å². The van der Waals surface area contributed by atoms with Gasteiger partial charge in [-0.2, -0.15) is 0 Å². The lowest BCUT2D eigenvalue weighted by Crippen LogP contribution is -2.42. The molecule has 1 aromatic carbocycles. The summed E-state index contributed by atoms with van der Waals surface area (Å²) < 4.78 is 0. The van der Waals surface area contributed by atoms with Gasteiger partial charge in [0.1, 0.15) is 5.69 Å². The van der Waals surface area contributed by atoms with Crippen LogP contribution in [-0.2, 0) is 0 Å². The Labute approximate surface area is 141 Å². The standard InChI is InChI=1S/C17H21N3O2.ClH/c1-2-9-20(13-7-8-18-11-13)17(22)15-10-12-5-3-4-6-14(12)16(21)19-15;/h3-6,10,13,18H,2,7-9,11H2,1H3,(H,19,21);1H. The number of fused-ring (bicyclic) bond motifs is 1. The summed E-state index contributed by atoms with van der Waals surface area (Å²) in [5, 5.41) is 4.71. The van der Waals surface area contributed by atoms with Crippen molar-refractivity contribution in [3.05, 3.63) is 46.4 Å². The second-order valence-electron chi connectivity index (χ2n) is 5.74. The van der Waals surface area contributed by atoms with Gasteiger partial charge in [0.25, 0.3) is 11.5 Å². The highest BCUT2D eigenvalue weighted by Gasteiger charge is 2.27. The van der Waals surface area contributed by atoms with E-state index in [1.54, 1.807) is 12.1 Å². The van der Waals surface area contributed by atoms with Crippen molar-refractivity contribution in [2.45, 2.75) is 25.8 Å². The fourth-order valence-electron chi connectivity index (χ4n) is 3.08. The van der Waals surface area contributed by atoms with Gasteiger partial charge < -0.3 is 15.2 Å². The second-order valence-corrected chi connectivity index (χ2v) is 5.74. The van der Waals surface area contributed by atoms with Crippen LogP contribution in [0.3, 0.4) is 0 Å². The SMILES string of the molecule is CCCN(C(=O)c1cc2ccccc2c(=O)[nH]1)C1CCNC1.Cl. The normalized spacial score (nSPS) is 17.0. The van der Waals surface area contributed by atoms with Crippen LogP contribution in [0.15, 0.2) is 35.1 Å². The molecule has 5 nitrogen and oxygen atoms in total. The molecule has 0 radical (unpaired) electrons. The van der Waals surface area contributed by atoms with Crippen LogP contribution in [0.4, 0.5) is 0 Å². The highest BCUT2D eigenvalue weighted by atomic mass is 35.5. The van der Waals surface area contributed by atoms with Gasteiger partial charge in [-0.25, -0.2) is 0 Å². The number of amides is 1.